The minimum absolute atomic E-state index is 0.217. The summed E-state index contributed by atoms with van der Waals surface area (Å²) in [6, 6.07) is 1.62. The van der Waals surface area contributed by atoms with Crippen molar-refractivity contribution in [2.45, 2.75) is 26.4 Å². The van der Waals surface area contributed by atoms with Crippen LogP contribution in [0.15, 0.2) is 24.7 Å². The van der Waals surface area contributed by atoms with Gasteiger partial charge in [-0.3, -0.25) is 9.55 Å². The number of rotatable bonds is 1. The molecule has 0 aromatic carbocycles. The van der Waals surface area contributed by atoms with Gasteiger partial charge in [0.05, 0.1) is 5.52 Å². The van der Waals surface area contributed by atoms with E-state index in [0.29, 0.717) is 10.9 Å². The average Bonchev–Trinajstić information content (AvgIpc) is 2.66. The lowest BCUT2D eigenvalue weighted by Gasteiger charge is -2.19. The van der Waals surface area contributed by atoms with Crippen LogP contribution in [0.4, 0.5) is 4.79 Å². The Morgan fingerprint density at radius 2 is 2.11 bits per heavy atom. The Labute approximate surface area is 110 Å². The van der Waals surface area contributed by atoms with Crippen molar-refractivity contribution in [3.05, 3.63) is 24.7 Å². The molecule has 6 nitrogen and oxygen atoms in total. The summed E-state index contributed by atoms with van der Waals surface area (Å²) in [6.45, 7) is 5.29. The zero-order chi connectivity index (χ0) is 14.2. The Morgan fingerprint density at radius 1 is 1.42 bits per heavy atom. The molecule has 2 heterocycles. The molecule has 19 heavy (non-hydrogen) atoms. The summed E-state index contributed by atoms with van der Waals surface area (Å²) in [5.74, 6) is 0. The molecule has 100 valence electrons. The molecule has 2 N–H and O–H groups in total. The van der Waals surface area contributed by atoms with Gasteiger partial charge >= 0.3 is 13.2 Å². The highest BCUT2D eigenvalue weighted by Gasteiger charge is 2.24. The van der Waals surface area contributed by atoms with Crippen molar-refractivity contribution in [3.63, 3.8) is 0 Å². The fourth-order valence-electron chi connectivity index (χ4n) is 1.77. The third-order valence-corrected chi connectivity index (χ3v) is 2.51. The van der Waals surface area contributed by atoms with E-state index in [-0.39, 0.29) is 5.46 Å². The normalized spacial score (nSPS) is 11.6. The van der Waals surface area contributed by atoms with Gasteiger partial charge in [0.15, 0.2) is 0 Å². The summed E-state index contributed by atoms with van der Waals surface area (Å²) >= 11 is 0. The van der Waals surface area contributed by atoms with Gasteiger partial charge in [-0.1, -0.05) is 0 Å². The highest BCUT2D eigenvalue weighted by Crippen LogP contribution is 2.16. The highest BCUT2D eigenvalue weighted by molar-refractivity contribution is 6.62. The van der Waals surface area contributed by atoms with Crippen LogP contribution in [0, 0.1) is 0 Å². The Bertz CT molecular complexity index is 616. The van der Waals surface area contributed by atoms with Crippen molar-refractivity contribution >= 4 is 29.6 Å². The molecule has 7 heteroatoms. The van der Waals surface area contributed by atoms with E-state index in [4.69, 9.17) is 4.74 Å². The minimum Gasteiger partial charge on any atom is -0.443 e. The molecule has 0 aliphatic heterocycles. The smallest absolute Gasteiger partial charge is 0.443 e. The summed E-state index contributed by atoms with van der Waals surface area (Å²) in [7, 11) is -1.67. The number of nitrogens with zero attached hydrogens (tertiary/aromatic N) is 2. The van der Waals surface area contributed by atoms with E-state index < -0.39 is 18.8 Å². The van der Waals surface area contributed by atoms with Crippen LogP contribution in [-0.4, -0.2) is 38.4 Å². The zero-order valence-corrected chi connectivity index (χ0v) is 11.0. The van der Waals surface area contributed by atoms with Crippen LogP contribution >= 0.6 is 0 Å². The second-order valence-electron chi connectivity index (χ2n) is 5.20. The van der Waals surface area contributed by atoms with E-state index in [1.54, 1.807) is 26.8 Å². The van der Waals surface area contributed by atoms with Crippen LogP contribution in [0.2, 0.25) is 0 Å². The number of fused-ring (bicyclic) bond motifs is 1. The van der Waals surface area contributed by atoms with Gasteiger partial charge < -0.3 is 14.8 Å². The van der Waals surface area contributed by atoms with Gasteiger partial charge in [0.2, 0.25) is 0 Å². The van der Waals surface area contributed by atoms with Crippen LogP contribution < -0.4 is 5.46 Å². The van der Waals surface area contributed by atoms with E-state index in [1.165, 1.54) is 23.2 Å². The highest BCUT2D eigenvalue weighted by atomic mass is 16.6. The number of carbonyl (C=O) groups is 1. The molecule has 0 radical (unpaired) electrons. The first-order valence-corrected chi connectivity index (χ1v) is 5.84. The summed E-state index contributed by atoms with van der Waals surface area (Å²) < 4.78 is 6.51. The Hall–Kier alpha value is -1.86. The molecule has 0 spiro atoms. The third kappa shape index (κ3) is 2.77. The molecule has 0 aliphatic carbocycles. The molecule has 0 unspecified atom stereocenters. The van der Waals surface area contributed by atoms with Crippen LogP contribution in [-0.2, 0) is 4.74 Å². The molecule has 0 fully saturated rings. The van der Waals surface area contributed by atoms with Gasteiger partial charge in [-0.2, -0.15) is 0 Å². The number of ether oxygens (including phenoxy) is 1. The van der Waals surface area contributed by atoms with Gasteiger partial charge in [-0.05, 0) is 26.8 Å². The van der Waals surface area contributed by atoms with Crippen LogP contribution in [0.1, 0.15) is 20.8 Å². The number of pyridine rings is 1. The maximum Gasteiger partial charge on any atom is 0.490 e. The molecule has 0 amide bonds. The molecule has 0 saturated carbocycles. The number of hydrogen-bond acceptors (Lipinski definition) is 5. The Morgan fingerprint density at radius 3 is 2.68 bits per heavy atom. The Kier molecular flexibility index (Phi) is 3.34. The molecule has 0 aliphatic rings. The maximum absolute atomic E-state index is 12.1. The number of aromatic nitrogens is 2. The Balaban J connectivity index is 2.52. The quantitative estimate of drug-likeness (QED) is 0.731. The first-order chi connectivity index (χ1) is 8.79. The fraction of sp³-hybridized carbons (Fsp3) is 0.333. The molecule has 0 atom stereocenters. The van der Waals surface area contributed by atoms with Gasteiger partial charge in [0, 0.05) is 29.4 Å². The van der Waals surface area contributed by atoms with Crippen molar-refractivity contribution in [3.8, 4) is 0 Å². The van der Waals surface area contributed by atoms with E-state index in [0.717, 1.165) is 0 Å². The van der Waals surface area contributed by atoms with E-state index >= 15 is 0 Å². The molecule has 0 bridgehead atoms. The van der Waals surface area contributed by atoms with Crippen molar-refractivity contribution < 1.29 is 19.6 Å². The van der Waals surface area contributed by atoms with Gasteiger partial charge in [0.1, 0.15) is 5.60 Å². The predicted octanol–water partition coefficient (Wildman–Crippen LogP) is 0.499. The summed E-state index contributed by atoms with van der Waals surface area (Å²) in [5, 5.41) is 19.1. The number of carbonyl (C=O) groups excluding carboxylic acids is 1. The van der Waals surface area contributed by atoms with Gasteiger partial charge in [-0.25, -0.2) is 4.79 Å². The van der Waals surface area contributed by atoms with Crippen LogP contribution in [0.25, 0.3) is 10.9 Å². The van der Waals surface area contributed by atoms with Gasteiger partial charge in [-0.15, -0.1) is 0 Å². The third-order valence-electron chi connectivity index (χ3n) is 2.51. The topological polar surface area (TPSA) is 84.6 Å². The van der Waals surface area contributed by atoms with Crippen molar-refractivity contribution in [2.75, 3.05) is 0 Å². The van der Waals surface area contributed by atoms with Crippen molar-refractivity contribution in [1.29, 1.82) is 0 Å². The summed E-state index contributed by atoms with van der Waals surface area (Å²) in [4.78, 5) is 16.0. The molecule has 2 rings (SSSR count). The second kappa shape index (κ2) is 4.67. The lowest BCUT2D eigenvalue weighted by molar-refractivity contribution is 0.0544. The fourth-order valence-corrected chi connectivity index (χ4v) is 1.77. The molecular formula is C12H15BN2O4. The van der Waals surface area contributed by atoms with Crippen molar-refractivity contribution in [2.24, 2.45) is 0 Å². The molecule has 2 aromatic rings. The van der Waals surface area contributed by atoms with Crippen molar-refractivity contribution in [1.82, 2.24) is 9.55 Å². The van der Waals surface area contributed by atoms with E-state index in [1.807, 2.05) is 0 Å². The monoisotopic (exact) mass is 262 g/mol. The predicted molar refractivity (Wildman–Crippen MR) is 71.2 cm³/mol. The molecular weight excluding hydrogens is 247 g/mol. The average molecular weight is 262 g/mol. The second-order valence-corrected chi connectivity index (χ2v) is 5.20. The maximum atomic E-state index is 12.1. The summed E-state index contributed by atoms with van der Waals surface area (Å²) in [6.07, 6.45) is 3.78. The lowest BCUT2D eigenvalue weighted by atomic mass is 9.80. The minimum atomic E-state index is -1.67. The zero-order valence-electron chi connectivity index (χ0n) is 11.0. The van der Waals surface area contributed by atoms with Gasteiger partial charge in [0.25, 0.3) is 0 Å². The largest absolute Gasteiger partial charge is 0.490 e. The van der Waals surface area contributed by atoms with E-state index in [9.17, 15) is 14.8 Å². The standard InChI is InChI=1S/C12H15BN2O4/c1-12(2,3)19-11(16)15-7-9(13(17)18)8-6-14-5-4-10(8)15/h4-7,17-18H,1-3H3. The van der Waals surface area contributed by atoms with Crippen LogP contribution in [0.5, 0.6) is 0 Å². The molecule has 2 aromatic heterocycles. The summed E-state index contributed by atoms with van der Waals surface area (Å²) in [5.41, 5.74) is 0.111. The van der Waals surface area contributed by atoms with Crippen LogP contribution in [0.3, 0.4) is 0 Å². The first-order valence-electron chi connectivity index (χ1n) is 5.84. The lowest BCUT2D eigenvalue weighted by Crippen LogP contribution is -2.30. The number of hydrogen-bond donors (Lipinski definition) is 2. The first kappa shape index (κ1) is 13.6. The van der Waals surface area contributed by atoms with E-state index in [2.05, 4.69) is 4.98 Å². The SMILES string of the molecule is CC(C)(C)OC(=O)n1cc(B(O)O)c2cnccc21. The molecule has 0 saturated heterocycles.